The first kappa shape index (κ1) is 21.3. The molecule has 0 aliphatic carbocycles. The average molecular weight is 405 g/mol. The largest absolute Gasteiger partial charge is 0.416 e. The zero-order chi connectivity index (χ0) is 20.7. The SMILES string of the molecule is O=C(CCC1CCN(Cc2ccccc2C(F)(F)F)CC1)NCc1cccnc1. The van der Waals surface area contributed by atoms with Crippen molar-refractivity contribution in [1.29, 1.82) is 0 Å². The minimum absolute atomic E-state index is 0.0235. The standard InChI is InChI=1S/C22H26F3N3O/c23-22(24,25)20-6-2-1-5-19(20)16-28-12-9-17(10-13-28)7-8-21(29)27-15-18-4-3-11-26-14-18/h1-6,11,14,17H,7-10,12-13,15-16H2,(H,27,29). The highest BCUT2D eigenvalue weighted by atomic mass is 19.4. The highest BCUT2D eigenvalue weighted by molar-refractivity contribution is 5.75. The van der Waals surface area contributed by atoms with E-state index in [-0.39, 0.29) is 5.91 Å². The molecule has 1 saturated heterocycles. The predicted molar refractivity (Wildman–Crippen MR) is 105 cm³/mol. The summed E-state index contributed by atoms with van der Waals surface area (Å²) in [6.45, 7) is 2.31. The van der Waals surface area contributed by atoms with Crippen molar-refractivity contribution >= 4 is 5.91 Å². The van der Waals surface area contributed by atoms with Crippen molar-refractivity contribution in [3.8, 4) is 0 Å². The minimum Gasteiger partial charge on any atom is -0.352 e. The maximum atomic E-state index is 13.2. The van der Waals surface area contributed by atoms with Gasteiger partial charge in [0.2, 0.25) is 5.91 Å². The summed E-state index contributed by atoms with van der Waals surface area (Å²) in [5, 5.41) is 2.90. The molecule has 1 aliphatic heterocycles. The Balaban J connectivity index is 1.39. The van der Waals surface area contributed by atoms with E-state index in [2.05, 4.69) is 15.2 Å². The van der Waals surface area contributed by atoms with E-state index in [9.17, 15) is 18.0 Å². The zero-order valence-corrected chi connectivity index (χ0v) is 16.3. The molecule has 29 heavy (non-hydrogen) atoms. The molecule has 1 aromatic heterocycles. The first-order valence-electron chi connectivity index (χ1n) is 9.95. The highest BCUT2D eigenvalue weighted by Crippen LogP contribution is 2.33. The molecule has 1 aromatic carbocycles. The molecule has 1 amide bonds. The van der Waals surface area contributed by atoms with Crippen LogP contribution in [0.4, 0.5) is 13.2 Å². The number of hydrogen-bond donors (Lipinski definition) is 1. The summed E-state index contributed by atoms with van der Waals surface area (Å²) in [5.74, 6) is 0.462. The Morgan fingerprint density at radius 1 is 1.14 bits per heavy atom. The third-order valence-electron chi connectivity index (χ3n) is 5.42. The van der Waals surface area contributed by atoms with Gasteiger partial charge < -0.3 is 5.32 Å². The van der Waals surface area contributed by atoms with Crippen LogP contribution in [0.2, 0.25) is 0 Å². The Bertz CT molecular complexity index is 787. The smallest absolute Gasteiger partial charge is 0.352 e. The molecule has 0 radical (unpaired) electrons. The number of pyridine rings is 1. The van der Waals surface area contributed by atoms with Gasteiger partial charge in [0, 0.05) is 31.9 Å². The molecule has 1 fully saturated rings. The van der Waals surface area contributed by atoms with E-state index < -0.39 is 11.7 Å². The van der Waals surface area contributed by atoms with Gasteiger partial charge in [0.15, 0.2) is 0 Å². The number of benzene rings is 1. The molecular formula is C22H26F3N3O. The molecule has 0 saturated carbocycles. The van der Waals surface area contributed by atoms with Gasteiger partial charge in [0.25, 0.3) is 0 Å². The Morgan fingerprint density at radius 3 is 2.59 bits per heavy atom. The fourth-order valence-corrected chi connectivity index (χ4v) is 3.74. The van der Waals surface area contributed by atoms with Crippen LogP contribution >= 0.6 is 0 Å². The number of hydrogen-bond acceptors (Lipinski definition) is 3. The first-order valence-corrected chi connectivity index (χ1v) is 9.95. The molecule has 2 heterocycles. The van der Waals surface area contributed by atoms with Crippen LogP contribution in [-0.2, 0) is 24.1 Å². The highest BCUT2D eigenvalue weighted by Gasteiger charge is 2.33. The summed E-state index contributed by atoms with van der Waals surface area (Å²) >= 11 is 0. The number of nitrogens with one attached hydrogen (secondary N) is 1. The number of piperidine rings is 1. The van der Waals surface area contributed by atoms with Crippen molar-refractivity contribution in [2.24, 2.45) is 5.92 Å². The molecule has 0 atom stereocenters. The molecule has 4 nitrogen and oxygen atoms in total. The van der Waals surface area contributed by atoms with Crippen LogP contribution in [0, 0.1) is 5.92 Å². The van der Waals surface area contributed by atoms with E-state index in [1.807, 2.05) is 12.1 Å². The van der Waals surface area contributed by atoms with Crippen LogP contribution in [0.15, 0.2) is 48.8 Å². The summed E-state index contributed by atoms with van der Waals surface area (Å²) in [7, 11) is 0. The van der Waals surface area contributed by atoms with Crippen molar-refractivity contribution in [3.05, 3.63) is 65.5 Å². The molecular weight excluding hydrogens is 379 g/mol. The summed E-state index contributed by atoms with van der Waals surface area (Å²) in [4.78, 5) is 18.1. The van der Waals surface area contributed by atoms with Gasteiger partial charge in [-0.15, -0.1) is 0 Å². The first-order chi connectivity index (χ1) is 13.9. The molecule has 3 rings (SSSR count). The number of likely N-dealkylation sites (tertiary alicyclic amines) is 1. The lowest BCUT2D eigenvalue weighted by atomic mass is 9.91. The number of halogens is 3. The topological polar surface area (TPSA) is 45.2 Å². The number of aromatic nitrogens is 1. The lowest BCUT2D eigenvalue weighted by Crippen LogP contribution is -2.34. The van der Waals surface area contributed by atoms with Crippen molar-refractivity contribution < 1.29 is 18.0 Å². The van der Waals surface area contributed by atoms with Gasteiger partial charge in [0.05, 0.1) is 5.56 Å². The number of rotatable bonds is 7. The van der Waals surface area contributed by atoms with Gasteiger partial charge in [-0.1, -0.05) is 24.3 Å². The molecule has 0 bridgehead atoms. The lowest BCUT2D eigenvalue weighted by Gasteiger charge is -2.32. The second-order valence-electron chi connectivity index (χ2n) is 7.55. The third kappa shape index (κ3) is 6.56. The number of amides is 1. The Labute approximate surface area is 169 Å². The van der Waals surface area contributed by atoms with Crippen molar-refractivity contribution in [2.75, 3.05) is 13.1 Å². The predicted octanol–water partition coefficient (Wildman–Crippen LogP) is 4.41. The lowest BCUT2D eigenvalue weighted by molar-refractivity contribution is -0.138. The number of alkyl halides is 3. The van der Waals surface area contributed by atoms with Crippen molar-refractivity contribution in [2.45, 2.75) is 44.9 Å². The van der Waals surface area contributed by atoms with Crippen LogP contribution in [0.5, 0.6) is 0 Å². The third-order valence-corrected chi connectivity index (χ3v) is 5.42. The number of nitrogens with zero attached hydrogens (tertiary/aromatic N) is 2. The van der Waals surface area contributed by atoms with Gasteiger partial charge in [-0.2, -0.15) is 13.2 Å². The molecule has 0 unspecified atom stereocenters. The van der Waals surface area contributed by atoms with E-state index in [1.165, 1.54) is 6.07 Å². The normalized spacial score (nSPS) is 16.0. The number of carbonyl (C=O) groups is 1. The molecule has 0 spiro atoms. The fourth-order valence-electron chi connectivity index (χ4n) is 3.74. The second-order valence-corrected chi connectivity index (χ2v) is 7.55. The fraction of sp³-hybridized carbons (Fsp3) is 0.455. The van der Waals surface area contributed by atoms with Crippen LogP contribution in [0.1, 0.15) is 42.4 Å². The van der Waals surface area contributed by atoms with Gasteiger partial charge in [0.1, 0.15) is 0 Å². The Morgan fingerprint density at radius 2 is 1.90 bits per heavy atom. The summed E-state index contributed by atoms with van der Waals surface area (Å²) in [6, 6.07) is 9.54. The Hall–Kier alpha value is -2.41. The monoisotopic (exact) mass is 405 g/mol. The average Bonchev–Trinajstić information content (AvgIpc) is 2.72. The molecule has 1 aliphatic rings. The molecule has 156 valence electrons. The van der Waals surface area contributed by atoms with Crippen LogP contribution in [0.3, 0.4) is 0 Å². The van der Waals surface area contributed by atoms with Crippen LogP contribution < -0.4 is 5.32 Å². The van der Waals surface area contributed by atoms with Crippen molar-refractivity contribution in [1.82, 2.24) is 15.2 Å². The molecule has 7 heteroatoms. The molecule has 1 N–H and O–H groups in total. The summed E-state index contributed by atoms with van der Waals surface area (Å²) in [5.41, 5.74) is 0.744. The van der Waals surface area contributed by atoms with E-state index in [1.54, 1.807) is 24.5 Å². The van der Waals surface area contributed by atoms with Crippen LogP contribution in [-0.4, -0.2) is 28.9 Å². The van der Waals surface area contributed by atoms with E-state index in [4.69, 9.17) is 0 Å². The van der Waals surface area contributed by atoms with E-state index in [0.717, 1.165) is 44.0 Å². The summed E-state index contributed by atoms with van der Waals surface area (Å²) in [6.07, 6.45) is 2.20. The second kappa shape index (κ2) is 9.87. The maximum Gasteiger partial charge on any atom is 0.416 e. The Kier molecular flexibility index (Phi) is 7.25. The minimum atomic E-state index is -4.32. The molecule has 2 aromatic rings. The van der Waals surface area contributed by atoms with E-state index >= 15 is 0 Å². The summed E-state index contributed by atoms with van der Waals surface area (Å²) < 4.78 is 39.5. The van der Waals surface area contributed by atoms with Crippen LogP contribution in [0.25, 0.3) is 0 Å². The van der Waals surface area contributed by atoms with E-state index in [0.29, 0.717) is 31.0 Å². The van der Waals surface area contributed by atoms with Crippen molar-refractivity contribution in [3.63, 3.8) is 0 Å². The van der Waals surface area contributed by atoms with Gasteiger partial charge in [-0.25, -0.2) is 0 Å². The quantitative estimate of drug-likeness (QED) is 0.742. The number of carbonyl (C=O) groups excluding carboxylic acids is 1. The zero-order valence-electron chi connectivity index (χ0n) is 16.3. The maximum absolute atomic E-state index is 13.2. The van der Waals surface area contributed by atoms with Gasteiger partial charge in [-0.3, -0.25) is 14.7 Å². The van der Waals surface area contributed by atoms with Gasteiger partial charge >= 0.3 is 6.18 Å². The van der Waals surface area contributed by atoms with Gasteiger partial charge in [-0.05, 0) is 61.5 Å².